The summed E-state index contributed by atoms with van der Waals surface area (Å²) in [7, 11) is -2.92. The van der Waals surface area contributed by atoms with Crippen LogP contribution in [0, 0.1) is 0 Å². The molecule has 2 aliphatic heterocycles. The highest BCUT2D eigenvalue weighted by Gasteiger charge is 2.50. The fourth-order valence-corrected chi connectivity index (χ4v) is 15.8. The van der Waals surface area contributed by atoms with Crippen molar-refractivity contribution in [2.45, 2.75) is 0 Å². The number of anilines is 3. The molecule has 5 heteroatoms. The first-order chi connectivity index (χ1) is 29.2. The Kier molecular flexibility index (Phi) is 7.73. The van der Waals surface area contributed by atoms with Gasteiger partial charge >= 0.3 is 0 Å². The van der Waals surface area contributed by atoms with Gasteiger partial charge in [-0.15, -0.1) is 11.3 Å². The maximum Gasteiger partial charge on any atom is 0.181 e. The van der Waals surface area contributed by atoms with Crippen molar-refractivity contribution in [2.24, 2.45) is 0 Å². The van der Waals surface area contributed by atoms with Crippen LogP contribution in [0.5, 0.6) is 23.0 Å². The first-order valence-corrected chi connectivity index (χ1v) is 22.8. The zero-order chi connectivity index (χ0) is 38.9. The van der Waals surface area contributed by atoms with Gasteiger partial charge in [-0.3, -0.25) is 0 Å². The summed E-state index contributed by atoms with van der Waals surface area (Å²) >= 11 is 1.88. The van der Waals surface area contributed by atoms with E-state index in [1.807, 2.05) is 35.6 Å². The average molecular weight is 790 g/mol. The monoisotopic (exact) mass is 789 g/mol. The van der Waals surface area contributed by atoms with E-state index in [4.69, 9.17) is 9.47 Å². The lowest BCUT2D eigenvalue weighted by Crippen LogP contribution is -2.72. The van der Waals surface area contributed by atoms with E-state index >= 15 is 0 Å². The van der Waals surface area contributed by atoms with Crippen molar-refractivity contribution < 1.29 is 9.47 Å². The summed E-state index contributed by atoms with van der Waals surface area (Å²) in [5.41, 5.74) is 8.17. The van der Waals surface area contributed by atoms with Crippen LogP contribution in [-0.4, -0.2) is 8.07 Å². The molecular weight excluding hydrogens is 755 g/mol. The van der Waals surface area contributed by atoms with Gasteiger partial charge in [-0.05, 0) is 98.1 Å². The number of benzene rings is 9. The molecule has 1 atom stereocenters. The first-order valence-electron chi connectivity index (χ1n) is 20.0. The number of para-hydroxylation sites is 4. The molecular formula is C54H35NO2SSi. The van der Waals surface area contributed by atoms with E-state index in [0.717, 1.165) is 45.6 Å². The van der Waals surface area contributed by atoms with E-state index in [1.54, 1.807) is 0 Å². The Morgan fingerprint density at radius 2 is 0.966 bits per heavy atom. The van der Waals surface area contributed by atoms with Gasteiger partial charge in [0.2, 0.25) is 0 Å². The SMILES string of the molecule is c1ccc(-c2ccc([Si]3(c4ccc5c(c4)sc4cc(N(c6ccccc6)c6ccccc6)ccc45)c4ccccc4-c4c3ccc3c4Oc4ccccc4O3)cc2)cc1. The van der Waals surface area contributed by atoms with Crippen molar-refractivity contribution in [1.29, 1.82) is 0 Å². The van der Waals surface area contributed by atoms with E-state index in [0.29, 0.717) is 0 Å². The molecule has 0 spiro atoms. The summed E-state index contributed by atoms with van der Waals surface area (Å²) in [5.74, 6) is 3.01. The van der Waals surface area contributed by atoms with Gasteiger partial charge in [-0.1, -0.05) is 152 Å². The normalized spacial score (nSPS) is 14.8. The van der Waals surface area contributed by atoms with Crippen molar-refractivity contribution in [3.05, 3.63) is 212 Å². The molecule has 0 amide bonds. The quantitative estimate of drug-likeness (QED) is 0.157. The van der Waals surface area contributed by atoms with Crippen LogP contribution in [0.15, 0.2) is 212 Å². The summed E-state index contributed by atoms with van der Waals surface area (Å²) in [4.78, 5) is 2.34. The maximum atomic E-state index is 6.82. The van der Waals surface area contributed by atoms with Crippen LogP contribution in [0.25, 0.3) is 42.4 Å². The van der Waals surface area contributed by atoms with Crippen molar-refractivity contribution in [2.75, 3.05) is 4.90 Å². The van der Waals surface area contributed by atoms with E-state index in [9.17, 15) is 0 Å². The standard InChI is InChI=1S/C54H35NO2SSi/c1-4-14-36(15-5-1)37-24-27-41(28-25-37)59(51-23-13-10-20-45(51)53-52(59)33-32-48-54(53)57-47-22-12-11-21-46(47)56-48)42-29-31-44-43-30-26-40(34-49(43)58-50(44)35-42)55(38-16-6-2-7-17-38)39-18-8-3-9-19-39/h1-35H. The summed E-state index contributed by atoms with van der Waals surface area (Å²) in [5, 5.41) is 7.92. The van der Waals surface area contributed by atoms with E-state index in [2.05, 4.69) is 193 Å². The Labute approximate surface area is 347 Å². The third-order valence-corrected chi connectivity index (χ3v) is 18.0. The van der Waals surface area contributed by atoms with Gasteiger partial charge in [-0.25, -0.2) is 0 Å². The van der Waals surface area contributed by atoms with Gasteiger partial charge in [-0.2, -0.15) is 0 Å². The number of fused-ring (bicyclic) bond motifs is 9. The second-order valence-electron chi connectivity index (χ2n) is 15.2. The minimum atomic E-state index is -2.92. The Morgan fingerprint density at radius 3 is 1.69 bits per heavy atom. The van der Waals surface area contributed by atoms with Crippen LogP contribution in [0.3, 0.4) is 0 Å². The molecule has 0 saturated heterocycles. The molecule has 9 aromatic carbocycles. The first kappa shape index (κ1) is 33.9. The minimum Gasteiger partial charge on any atom is -0.449 e. The van der Waals surface area contributed by atoms with E-state index in [1.165, 1.54) is 57.6 Å². The molecule has 2 aliphatic rings. The van der Waals surface area contributed by atoms with Gasteiger partial charge < -0.3 is 14.4 Å². The van der Waals surface area contributed by atoms with Crippen LogP contribution >= 0.6 is 11.3 Å². The second-order valence-corrected chi connectivity index (χ2v) is 20.0. The predicted octanol–water partition coefficient (Wildman–Crippen LogP) is 12.4. The van der Waals surface area contributed by atoms with Crippen LogP contribution < -0.4 is 35.1 Å². The number of rotatable bonds is 6. The lowest BCUT2D eigenvalue weighted by atomic mass is 10.0. The Hall–Kier alpha value is -7.18. The van der Waals surface area contributed by atoms with Crippen molar-refractivity contribution in [1.82, 2.24) is 0 Å². The van der Waals surface area contributed by atoms with Gasteiger partial charge in [0.15, 0.2) is 31.1 Å². The smallest absolute Gasteiger partial charge is 0.181 e. The molecule has 10 aromatic rings. The molecule has 0 radical (unpaired) electrons. The molecule has 0 bridgehead atoms. The molecule has 0 aliphatic carbocycles. The number of ether oxygens (including phenoxy) is 2. The summed E-state index contributed by atoms with van der Waals surface area (Å²) in [6, 6.07) is 76.9. The molecule has 0 fully saturated rings. The van der Waals surface area contributed by atoms with Gasteiger partial charge in [0, 0.05) is 42.8 Å². The second kappa shape index (κ2) is 13.5. The lowest BCUT2D eigenvalue weighted by molar-refractivity contribution is 0.361. The highest BCUT2D eigenvalue weighted by Crippen LogP contribution is 2.51. The molecule has 12 rings (SSSR count). The maximum absolute atomic E-state index is 6.82. The molecule has 1 aromatic heterocycles. The Balaban J connectivity index is 1.07. The average Bonchev–Trinajstić information content (AvgIpc) is 3.83. The zero-order valence-electron chi connectivity index (χ0n) is 31.9. The number of thiophene rings is 1. The Bertz CT molecular complexity index is 3180. The molecule has 278 valence electrons. The molecule has 0 N–H and O–H groups in total. The highest BCUT2D eigenvalue weighted by molar-refractivity contribution is 7.26. The Morgan fingerprint density at radius 1 is 0.390 bits per heavy atom. The van der Waals surface area contributed by atoms with Gasteiger partial charge in [0.25, 0.3) is 0 Å². The highest BCUT2D eigenvalue weighted by atomic mass is 32.1. The fourth-order valence-electron chi connectivity index (χ4n) is 9.42. The molecule has 3 heterocycles. The summed E-state index contributed by atoms with van der Waals surface area (Å²) in [6.07, 6.45) is 0. The van der Waals surface area contributed by atoms with Crippen LogP contribution in [-0.2, 0) is 0 Å². The number of hydrogen-bond acceptors (Lipinski definition) is 4. The van der Waals surface area contributed by atoms with Crippen LogP contribution in [0.1, 0.15) is 0 Å². The number of nitrogens with zero attached hydrogens (tertiary/aromatic N) is 1. The topological polar surface area (TPSA) is 21.7 Å². The van der Waals surface area contributed by atoms with Crippen LogP contribution in [0.4, 0.5) is 17.1 Å². The van der Waals surface area contributed by atoms with E-state index in [-0.39, 0.29) is 0 Å². The van der Waals surface area contributed by atoms with Crippen molar-refractivity contribution in [3.8, 4) is 45.3 Å². The van der Waals surface area contributed by atoms with Crippen LogP contribution in [0.2, 0.25) is 0 Å². The lowest BCUT2D eigenvalue weighted by Gasteiger charge is -2.32. The minimum absolute atomic E-state index is 0.736. The summed E-state index contributed by atoms with van der Waals surface area (Å²) < 4.78 is 15.9. The third-order valence-electron chi connectivity index (χ3n) is 12.0. The van der Waals surface area contributed by atoms with E-state index < -0.39 is 8.07 Å². The van der Waals surface area contributed by atoms with Crippen molar-refractivity contribution in [3.63, 3.8) is 0 Å². The molecule has 59 heavy (non-hydrogen) atoms. The van der Waals surface area contributed by atoms with Gasteiger partial charge in [0.05, 0.1) is 0 Å². The number of hydrogen-bond donors (Lipinski definition) is 0. The van der Waals surface area contributed by atoms with Gasteiger partial charge in [0.1, 0.15) is 0 Å². The van der Waals surface area contributed by atoms with Crippen molar-refractivity contribution >= 4 is 77.4 Å². The third kappa shape index (κ3) is 5.25. The molecule has 1 unspecified atom stereocenters. The molecule has 0 saturated carbocycles. The largest absolute Gasteiger partial charge is 0.449 e. The molecule has 3 nitrogen and oxygen atoms in total. The zero-order valence-corrected chi connectivity index (χ0v) is 33.7. The fraction of sp³-hybridized carbons (Fsp3) is 0. The predicted molar refractivity (Wildman–Crippen MR) is 249 cm³/mol. The summed E-state index contributed by atoms with van der Waals surface area (Å²) in [6.45, 7) is 0.